The molecule has 5 heteroatoms. The Kier molecular flexibility index (Phi) is 7.41. The molecule has 1 saturated heterocycles. The Bertz CT molecular complexity index is 1410. The summed E-state index contributed by atoms with van der Waals surface area (Å²) in [6, 6.07) is 0. The molecule has 2 atom stereocenters. The van der Waals surface area contributed by atoms with E-state index >= 15 is 0 Å². The van der Waals surface area contributed by atoms with Gasteiger partial charge in [0.25, 0.3) is 5.91 Å². The van der Waals surface area contributed by atoms with E-state index in [1.807, 2.05) is 59.8 Å². The van der Waals surface area contributed by atoms with Gasteiger partial charge < -0.3 is 19.2 Å². The third-order valence-corrected chi connectivity index (χ3v) is 7.14. The molecule has 0 saturated carbocycles. The Morgan fingerprint density at radius 1 is 0.861 bits per heavy atom. The van der Waals surface area contributed by atoms with E-state index in [-0.39, 0.29) is 18.4 Å². The second kappa shape index (κ2) is 10.4. The summed E-state index contributed by atoms with van der Waals surface area (Å²) in [6.07, 6.45) is 15.0. The van der Waals surface area contributed by atoms with Crippen LogP contribution >= 0.6 is 0 Å². The number of benzene rings is 1. The highest BCUT2D eigenvalue weighted by atomic mass is 16.5. The second-order valence-electron chi connectivity index (χ2n) is 8.71. The number of aromatic nitrogens is 2. The van der Waals surface area contributed by atoms with Crippen LogP contribution in [0.15, 0.2) is 25.3 Å². The average Bonchev–Trinajstić information content (AvgIpc) is 3.54. The van der Waals surface area contributed by atoms with Crippen molar-refractivity contribution < 1.29 is 9.53 Å². The largest absolute Gasteiger partial charge is 0.348 e. The number of carbonyl (C=O) groups excluding carboxylic acids is 1. The van der Waals surface area contributed by atoms with Crippen LogP contribution in [-0.4, -0.2) is 15.0 Å². The van der Waals surface area contributed by atoms with Crippen molar-refractivity contribution in [1.29, 1.82) is 0 Å². The van der Waals surface area contributed by atoms with E-state index in [2.05, 4.69) is 45.8 Å². The van der Waals surface area contributed by atoms with Crippen LogP contribution in [0.4, 0.5) is 0 Å². The zero-order valence-electron chi connectivity index (χ0n) is 22.6. The maximum atomic E-state index is 13.2. The summed E-state index contributed by atoms with van der Waals surface area (Å²) in [5.41, 5.74) is 8.31. The number of allylic oxidation sites excluding steroid dienone is 2. The van der Waals surface area contributed by atoms with Crippen LogP contribution in [0.25, 0.3) is 46.1 Å². The van der Waals surface area contributed by atoms with Gasteiger partial charge in [0.05, 0.1) is 28.0 Å². The molecule has 3 aliphatic rings. The first-order valence-corrected chi connectivity index (χ1v) is 13.4. The maximum Gasteiger partial charge on any atom is 0.252 e. The highest BCUT2D eigenvalue weighted by molar-refractivity contribution is 6.23. The summed E-state index contributed by atoms with van der Waals surface area (Å²) in [5.74, 6) is -0.00659. The molecule has 2 bridgehead atoms. The summed E-state index contributed by atoms with van der Waals surface area (Å²) in [4.78, 5) is 13.2. The van der Waals surface area contributed by atoms with Crippen molar-refractivity contribution in [2.75, 3.05) is 0 Å². The number of carbonyl (C=O) groups is 1. The maximum absolute atomic E-state index is 13.2. The van der Waals surface area contributed by atoms with Crippen molar-refractivity contribution in [2.24, 2.45) is 0 Å². The molecule has 0 aliphatic carbocycles. The average molecular weight is 486 g/mol. The van der Waals surface area contributed by atoms with Crippen LogP contribution < -0.4 is 5.32 Å². The fraction of sp³-hybridized carbons (Fsp3) is 0.387. The SMILES string of the molecule is C=Cc1c(/C=C\C)c2c3c(c4c(/C=C\C)c(C=C)n5c4c2n1C1CCCC5O1)C(=O)NC3.CC.CC. The monoisotopic (exact) mass is 485 g/mol. The van der Waals surface area contributed by atoms with Crippen LogP contribution in [0.2, 0.25) is 0 Å². The van der Waals surface area contributed by atoms with E-state index in [1.54, 1.807) is 0 Å². The lowest BCUT2D eigenvalue weighted by Gasteiger charge is -2.31. The molecule has 1 N–H and O–H groups in total. The predicted octanol–water partition coefficient (Wildman–Crippen LogP) is 8.46. The van der Waals surface area contributed by atoms with Crippen LogP contribution in [0.5, 0.6) is 0 Å². The van der Waals surface area contributed by atoms with Crippen molar-refractivity contribution in [3.63, 3.8) is 0 Å². The summed E-state index contributed by atoms with van der Waals surface area (Å²) in [5, 5.41) is 5.24. The standard InChI is InChI=1S/C27H27N3O2.2C2H6/c1-5-10-15-18(7-3)29-20-12-9-13-21(32-20)30-19(8-4)16(11-6-2)23-24-17(14-28-27(24)31)22(15)25(29)26(23)30;2*1-2/h5-8,10-11,20-21H,3-4,9,12-14H2,1-2H3,(H,28,31);2*1-2H3/b10-5-,11-6-;;. The van der Waals surface area contributed by atoms with E-state index in [9.17, 15) is 4.79 Å². The first-order chi connectivity index (χ1) is 17.7. The zero-order chi connectivity index (χ0) is 26.1. The molecule has 1 fully saturated rings. The van der Waals surface area contributed by atoms with Gasteiger partial charge in [-0.15, -0.1) is 0 Å². The predicted molar refractivity (Wildman–Crippen MR) is 154 cm³/mol. The number of nitrogens with one attached hydrogen (secondary N) is 1. The van der Waals surface area contributed by atoms with Gasteiger partial charge in [0, 0.05) is 28.4 Å². The van der Waals surface area contributed by atoms with E-state index in [4.69, 9.17) is 4.74 Å². The Balaban J connectivity index is 0.000000726. The van der Waals surface area contributed by atoms with Gasteiger partial charge in [-0.2, -0.15) is 0 Å². The van der Waals surface area contributed by atoms with Gasteiger partial charge >= 0.3 is 0 Å². The first-order valence-electron chi connectivity index (χ1n) is 13.4. The van der Waals surface area contributed by atoms with Gasteiger partial charge in [-0.25, -0.2) is 0 Å². The van der Waals surface area contributed by atoms with E-state index in [0.29, 0.717) is 6.54 Å². The molecule has 5 nitrogen and oxygen atoms in total. The van der Waals surface area contributed by atoms with Gasteiger partial charge in [-0.05, 0) is 50.8 Å². The Labute approximate surface area is 214 Å². The van der Waals surface area contributed by atoms with Gasteiger partial charge in [-0.3, -0.25) is 4.79 Å². The molecule has 6 rings (SSSR count). The Morgan fingerprint density at radius 2 is 1.36 bits per heavy atom. The third kappa shape index (κ3) is 3.36. The molecule has 0 radical (unpaired) electrons. The van der Waals surface area contributed by atoms with Crippen LogP contribution in [0, 0.1) is 0 Å². The molecule has 0 spiro atoms. The minimum atomic E-state index is -0.0864. The van der Waals surface area contributed by atoms with Crippen molar-refractivity contribution >= 4 is 52.0 Å². The van der Waals surface area contributed by atoms with Crippen molar-refractivity contribution in [1.82, 2.24) is 14.5 Å². The van der Waals surface area contributed by atoms with Crippen LogP contribution in [0.1, 0.15) is 112 Å². The highest BCUT2D eigenvalue weighted by Crippen LogP contribution is 2.51. The van der Waals surface area contributed by atoms with Crippen molar-refractivity contribution in [3.8, 4) is 0 Å². The zero-order valence-corrected chi connectivity index (χ0v) is 22.6. The normalized spacial score (nSPS) is 19.7. The quantitative estimate of drug-likeness (QED) is 0.403. The number of nitrogens with zero attached hydrogens (tertiary/aromatic N) is 2. The second-order valence-corrected chi connectivity index (χ2v) is 8.71. The van der Waals surface area contributed by atoms with Gasteiger partial charge in [0.15, 0.2) is 0 Å². The Hall–Kier alpha value is -3.31. The van der Waals surface area contributed by atoms with Crippen LogP contribution in [-0.2, 0) is 11.3 Å². The molecular weight excluding hydrogens is 446 g/mol. The number of fused-ring (bicyclic) bond motifs is 7. The molecule has 3 aliphatic heterocycles. The number of amides is 1. The number of hydrogen-bond donors (Lipinski definition) is 1. The Morgan fingerprint density at radius 3 is 1.86 bits per heavy atom. The van der Waals surface area contributed by atoms with Gasteiger partial charge in [0.1, 0.15) is 12.5 Å². The van der Waals surface area contributed by atoms with E-state index < -0.39 is 0 Å². The molecule has 1 aromatic carbocycles. The molecule has 2 unspecified atom stereocenters. The molecule has 3 aromatic rings. The smallest absolute Gasteiger partial charge is 0.252 e. The van der Waals surface area contributed by atoms with Crippen molar-refractivity contribution in [2.45, 2.75) is 79.8 Å². The summed E-state index contributed by atoms with van der Waals surface area (Å²) >= 11 is 0. The van der Waals surface area contributed by atoms with Crippen molar-refractivity contribution in [3.05, 3.63) is 59.0 Å². The first kappa shape index (κ1) is 25.8. The summed E-state index contributed by atoms with van der Waals surface area (Å²) in [7, 11) is 0. The number of ether oxygens (including phenoxy) is 1. The molecule has 190 valence electrons. The van der Waals surface area contributed by atoms with Crippen LogP contribution in [0.3, 0.4) is 0 Å². The fourth-order valence-corrected chi connectivity index (χ4v) is 6.09. The highest BCUT2D eigenvalue weighted by Gasteiger charge is 2.39. The summed E-state index contributed by atoms with van der Waals surface area (Å²) in [6.45, 7) is 20.9. The number of rotatable bonds is 4. The molecule has 36 heavy (non-hydrogen) atoms. The van der Waals surface area contributed by atoms with E-state index in [0.717, 1.165) is 74.7 Å². The van der Waals surface area contributed by atoms with Gasteiger partial charge in [0.2, 0.25) is 0 Å². The van der Waals surface area contributed by atoms with E-state index in [1.165, 1.54) is 0 Å². The third-order valence-electron chi connectivity index (χ3n) is 7.14. The lowest BCUT2D eigenvalue weighted by atomic mass is 9.95. The lowest BCUT2D eigenvalue weighted by molar-refractivity contribution is -0.118. The fourth-order valence-electron chi connectivity index (χ4n) is 6.09. The molecular formula is C31H39N3O2. The number of hydrogen-bond acceptors (Lipinski definition) is 2. The molecule has 1 amide bonds. The molecule has 5 heterocycles. The van der Waals surface area contributed by atoms with Gasteiger partial charge in [-0.1, -0.05) is 65.2 Å². The minimum Gasteiger partial charge on any atom is -0.348 e. The minimum absolute atomic E-state index is 0.00659. The topological polar surface area (TPSA) is 48.2 Å². The summed E-state index contributed by atoms with van der Waals surface area (Å²) < 4.78 is 11.4. The lowest BCUT2D eigenvalue weighted by Crippen LogP contribution is -2.23. The molecule has 2 aromatic heterocycles.